The Balaban J connectivity index is 1.27. The number of likely N-dealkylation sites (N-methyl/N-ethyl adjacent to an activating group) is 1. The molecule has 32 heavy (non-hydrogen) atoms. The monoisotopic (exact) mass is 443 g/mol. The largest absolute Gasteiger partial charge is 0.332 e. The van der Waals surface area contributed by atoms with E-state index in [2.05, 4.69) is 31.2 Å². The molecule has 2 aliphatic rings. The molecule has 1 aliphatic carbocycles. The molecule has 9 heteroatoms. The highest BCUT2D eigenvalue weighted by Gasteiger charge is 2.30. The number of nitrogens with zero attached hydrogens (tertiary/aromatic N) is 3. The third-order valence-corrected chi connectivity index (χ3v) is 6.12. The van der Waals surface area contributed by atoms with Crippen molar-refractivity contribution in [3.63, 3.8) is 0 Å². The summed E-state index contributed by atoms with van der Waals surface area (Å²) in [5.74, 6) is 1.50. The van der Waals surface area contributed by atoms with E-state index < -0.39 is 6.04 Å². The average molecular weight is 444 g/mol. The van der Waals surface area contributed by atoms with Crippen molar-refractivity contribution < 1.29 is 9.59 Å². The van der Waals surface area contributed by atoms with E-state index >= 15 is 0 Å². The summed E-state index contributed by atoms with van der Waals surface area (Å²) in [6.07, 6.45) is 9.96. The zero-order valence-corrected chi connectivity index (χ0v) is 19.1. The molecule has 9 nitrogen and oxygen atoms in total. The molecule has 1 fully saturated rings. The van der Waals surface area contributed by atoms with Crippen molar-refractivity contribution >= 4 is 23.6 Å². The number of aliphatic imine (C=N–C) groups is 1. The second-order valence-corrected chi connectivity index (χ2v) is 8.60. The van der Waals surface area contributed by atoms with E-state index in [0.717, 1.165) is 32.0 Å². The molecule has 176 valence electrons. The summed E-state index contributed by atoms with van der Waals surface area (Å²) in [5.41, 5.74) is 0. The van der Waals surface area contributed by atoms with Crippen LogP contribution in [-0.4, -0.2) is 73.5 Å². The summed E-state index contributed by atoms with van der Waals surface area (Å²) < 4.78 is 0. The quantitative estimate of drug-likeness (QED) is 0.384. The van der Waals surface area contributed by atoms with Gasteiger partial charge in [-0.1, -0.05) is 25.3 Å². The second kappa shape index (κ2) is 13.1. The van der Waals surface area contributed by atoms with Crippen LogP contribution in [-0.2, 0) is 9.59 Å². The van der Waals surface area contributed by atoms with Crippen LogP contribution < -0.4 is 21.3 Å². The van der Waals surface area contributed by atoms with E-state index in [0.29, 0.717) is 24.7 Å². The number of aromatic nitrogens is 1. The third kappa shape index (κ3) is 7.87. The number of hydrogen-bond acceptors (Lipinski definition) is 7. The SMILES string of the molecule is CN(C(=O)CCNCCCNCC1CCCCC1)C1CN=C(Nc2ccccn2)NC1=O. The predicted octanol–water partition coefficient (Wildman–Crippen LogP) is 1.35. The van der Waals surface area contributed by atoms with Crippen molar-refractivity contribution in [2.24, 2.45) is 10.9 Å². The van der Waals surface area contributed by atoms with E-state index in [1.54, 1.807) is 19.3 Å². The van der Waals surface area contributed by atoms with Gasteiger partial charge < -0.3 is 20.9 Å². The fourth-order valence-corrected chi connectivity index (χ4v) is 4.13. The van der Waals surface area contributed by atoms with Crippen molar-refractivity contribution in [1.29, 1.82) is 0 Å². The lowest BCUT2D eigenvalue weighted by Crippen LogP contribution is -2.55. The first-order valence-corrected chi connectivity index (χ1v) is 11.8. The van der Waals surface area contributed by atoms with Gasteiger partial charge in [0.25, 0.3) is 5.91 Å². The first-order valence-electron chi connectivity index (χ1n) is 11.8. The number of guanidine groups is 1. The van der Waals surface area contributed by atoms with Crippen molar-refractivity contribution in [1.82, 2.24) is 25.8 Å². The highest BCUT2D eigenvalue weighted by Crippen LogP contribution is 2.22. The van der Waals surface area contributed by atoms with E-state index in [9.17, 15) is 9.59 Å². The zero-order valence-electron chi connectivity index (χ0n) is 19.1. The molecule has 1 atom stereocenters. The van der Waals surface area contributed by atoms with Crippen molar-refractivity contribution in [3.05, 3.63) is 24.4 Å². The Morgan fingerprint density at radius 2 is 1.97 bits per heavy atom. The predicted molar refractivity (Wildman–Crippen MR) is 126 cm³/mol. The van der Waals surface area contributed by atoms with Crippen molar-refractivity contribution in [2.75, 3.05) is 45.1 Å². The Morgan fingerprint density at radius 1 is 1.16 bits per heavy atom. The molecular formula is C23H37N7O2. The summed E-state index contributed by atoms with van der Waals surface area (Å²) in [5, 5.41) is 12.6. The Bertz CT molecular complexity index is 750. The Hall–Kier alpha value is -2.52. The molecule has 2 heterocycles. The average Bonchev–Trinajstić information content (AvgIpc) is 2.81. The molecule has 2 amide bonds. The Labute approximate surface area is 190 Å². The fourth-order valence-electron chi connectivity index (χ4n) is 4.13. The number of nitrogens with one attached hydrogen (secondary N) is 4. The number of pyridine rings is 1. The lowest BCUT2D eigenvalue weighted by atomic mass is 9.89. The molecule has 0 bridgehead atoms. The zero-order chi connectivity index (χ0) is 22.6. The first-order chi connectivity index (χ1) is 15.6. The van der Waals surface area contributed by atoms with Crippen LogP contribution in [0.15, 0.2) is 29.4 Å². The number of anilines is 1. The van der Waals surface area contributed by atoms with Gasteiger partial charge in [0.1, 0.15) is 11.9 Å². The smallest absolute Gasteiger partial charge is 0.251 e. The minimum atomic E-state index is -0.597. The second-order valence-electron chi connectivity index (χ2n) is 8.60. The molecule has 0 aromatic carbocycles. The molecule has 3 rings (SSSR count). The molecule has 4 N–H and O–H groups in total. The van der Waals surface area contributed by atoms with Crippen LogP contribution in [0.4, 0.5) is 5.82 Å². The Kier molecular flexibility index (Phi) is 9.90. The minimum absolute atomic E-state index is 0.0654. The van der Waals surface area contributed by atoms with E-state index in [4.69, 9.17) is 0 Å². The molecule has 1 aliphatic heterocycles. The maximum Gasteiger partial charge on any atom is 0.251 e. The topological polar surface area (TPSA) is 111 Å². The number of hydrogen-bond donors (Lipinski definition) is 4. The van der Waals surface area contributed by atoms with Crippen LogP contribution in [0.5, 0.6) is 0 Å². The van der Waals surface area contributed by atoms with Crippen LogP contribution in [0.2, 0.25) is 0 Å². The standard InChI is InChI=1S/C23H37N7O2/c1-30(19-17-27-23(29-22(19)32)28-20-10-5-6-14-26-20)21(31)11-15-24-12-7-13-25-16-18-8-3-2-4-9-18/h5-6,10,14,18-19,24-25H,2-4,7-9,11-13,15-17H2,1H3,(H2,26,27,28,29,32). The highest BCUT2D eigenvalue weighted by atomic mass is 16.2. The van der Waals surface area contributed by atoms with Crippen LogP contribution in [0.25, 0.3) is 0 Å². The van der Waals surface area contributed by atoms with Gasteiger partial charge in [0.15, 0.2) is 0 Å². The summed E-state index contributed by atoms with van der Waals surface area (Å²) in [4.78, 5) is 34.9. The fraction of sp³-hybridized carbons (Fsp3) is 0.652. The van der Waals surface area contributed by atoms with Crippen molar-refractivity contribution in [2.45, 2.75) is 51.0 Å². The lowest BCUT2D eigenvalue weighted by Gasteiger charge is -2.29. The number of carbonyl (C=O) groups is 2. The van der Waals surface area contributed by atoms with Gasteiger partial charge in [0.2, 0.25) is 11.9 Å². The van der Waals surface area contributed by atoms with Gasteiger partial charge in [-0.25, -0.2) is 9.98 Å². The van der Waals surface area contributed by atoms with E-state index in [1.807, 2.05) is 12.1 Å². The third-order valence-electron chi connectivity index (χ3n) is 6.12. The summed E-state index contributed by atoms with van der Waals surface area (Å²) in [6.45, 7) is 3.85. The highest BCUT2D eigenvalue weighted by molar-refractivity contribution is 6.07. The van der Waals surface area contributed by atoms with Crippen LogP contribution in [0.1, 0.15) is 44.9 Å². The molecule has 1 aromatic heterocycles. The normalized spacial score (nSPS) is 19.2. The molecule has 1 unspecified atom stereocenters. The van der Waals surface area contributed by atoms with Crippen LogP contribution in [0, 0.1) is 5.92 Å². The van der Waals surface area contributed by atoms with Gasteiger partial charge in [0.05, 0.1) is 6.54 Å². The minimum Gasteiger partial charge on any atom is -0.332 e. The number of carbonyl (C=O) groups excluding carboxylic acids is 2. The van der Waals surface area contributed by atoms with E-state index in [1.165, 1.54) is 37.0 Å². The molecule has 0 saturated heterocycles. The van der Waals surface area contributed by atoms with Gasteiger partial charge in [-0.15, -0.1) is 0 Å². The van der Waals surface area contributed by atoms with Crippen LogP contribution >= 0.6 is 0 Å². The van der Waals surface area contributed by atoms with Gasteiger partial charge in [-0.3, -0.25) is 14.9 Å². The van der Waals surface area contributed by atoms with Gasteiger partial charge in [-0.2, -0.15) is 0 Å². The first kappa shape index (κ1) is 24.1. The van der Waals surface area contributed by atoms with Crippen molar-refractivity contribution in [3.8, 4) is 0 Å². The number of rotatable bonds is 11. The molecule has 1 aromatic rings. The summed E-state index contributed by atoms with van der Waals surface area (Å²) >= 11 is 0. The summed E-state index contributed by atoms with van der Waals surface area (Å²) in [7, 11) is 1.66. The Morgan fingerprint density at radius 3 is 2.72 bits per heavy atom. The van der Waals surface area contributed by atoms with Gasteiger partial charge in [-0.05, 0) is 56.9 Å². The molecule has 1 saturated carbocycles. The molecular weight excluding hydrogens is 406 g/mol. The van der Waals surface area contributed by atoms with Gasteiger partial charge in [0, 0.05) is 26.2 Å². The number of amides is 2. The van der Waals surface area contributed by atoms with Crippen LogP contribution in [0.3, 0.4) is 0 Å². The maximum atomic E-state index is 12.5. The lowest BCUT2D eigenvalue weighted by molar-refractivity contribution is -0.138. The summed E-state index contributed by atoms with van der Waals surface area (Å²) in [6, 6.07) is 4.85. The molecule has 0 radical (unpaired) electrons. The molecule has 0 spiro atoms. The van der Waals surface area contributed by atoms with Gasteiger partial charge >= 0.3 is 0 Å². The maximum absolute atomic E-state index is 12.5. The van der Waals surface area contributed by atoms with E-state index in [-0.39, 0.29) is 18.4 Å².